The first-order valence-electron chi connectivity index (χ1n) is 4.25. The number of anilines is 1. The van der Waals surface area contributed by atoms with Crippen molar-refractivity contribution in [1.29, 1.82) is 5.41 Å². The molecule has 0 amide bonds. The summed E-state index contributed by atoms with van der Waals surface area (Å²) in [6.45, 7) is 1.02. The Labute approximate surface area is 76.3 Å². The summed E-state index contributed by atoms with van der Waals surface area (Å²) >= 11 is 1.70. The van der Waals surface area contributed by atoms with Crippen molar-refractivity contribution in [3.8, 4) is 0 Å². The Morgan fingerprint density at radius 1 is 1.42 bits per heavy atom. The Morgan fingerprint density at radius 3 is 3.00 bits per heavy atom. The number of hydrogen-bond donors (Lipinski definition) is 1. The summed E-state index contributed by atoms with van der Waals surface area (Å²) in [5, 5.41) is 11.9. The maximum absolute atomic E-state index is 7.75. The first-order valence-corrected chi connectivity index (χ1v) is 5.19. The van der Waals surface area contributed by atoms with Crippen LogP contribution in [0.4, 0.5) is 5.69 Å². The van der Waals surface area contributed by atoms with Gasteiger partial charge >= 0.3 is 0 Å². The van der Waals surface area contributed by atoms with E-state index in [1.165, 1.54) is 18.5 Å². The third kappa shape index (κ3) is 1.37. The number of piperidine rings is 1. The number of thiophene rings is 1. The van der Waals surface area contributed by atoms with Crippen molar-refractivity contribution >= 4 is 22.9 Å². The van der Waals surface area contributed by atoms with Crippen molar-refractivity contribution in [3.63, 3.8) is 0 Å². The molecule has 3 heteroatoms. The van der Waals surface area contributed by atoms with Gasteiger partial charge in [0.15, 0.2) is 0 Å². The first-order chi connectivity index (χ1) is 5.88. The first kappa shape index (κ1) is 7.80. The van der Waals surface area contributed by atoms with Crippen LogP contribution in [0.15, 0.2) is 16.8 Å². The molecule has 0 bridgehead atoms. The molecule has 1 N–H and O–H groups in total. The van der Waals surface area contributed by atoms with E-state index in [-0.39, 0.29) is 0 Å². The SMILES string of the molecule is N=C1CCCCN1c1ccsc1. The van der Waals surface area contributed by atoms with Gasteiger partial charge in [0.2, 0.25) is 0 Å². The second-order valence-electron chi connectivity index (χ2n) is 3.04. The Hall–Kier alpha value is -0.830. The van der Waals surface area contributed by atoms with Crippen LogP contribution in [0.1, 0.15) is 19.3 Å². The van der Waals surface area contributed by atoms with Crippen molar-refractivity contribution in [2.24, 2.45) is 0 Å². The van der Waals surface area contributed by atoms with Crippen LogP contribution in [0.2, 0.25) is 0 Å². The van der Waals surface area contributed by atoms with Crippen LogP contribution in [-0.4, -0.2) is 12.4 Å². The smallest absolute Gasteiger partial charge is 0.100 e. The lowest BCUT2D eigenvalue weighted by atomic mass is 10.1. The zero-order valence-electron chi connectivity index (χ0n) is 6.92. The zero-order chi connectivity index (χ0) is 8.39. The lowest BCUT2D eigenvalue weighted by Crippen LogP contribution is -2.34. The Morgan fingerprint density at radius 2 is 2.33 bits per heavy atom. The van der Waals surface area contributed by atoms with E-state index in [9.17, 15) is 0 Å². The van der Waals surface area contributed by atoms with Crippen LogP contribution in [0, 0.1) is 5.41 Å². The summed E-state index contributed by atoms with van der Waals surface area (Å²) in [6, 6.07) is 2.09. The molecular weight excluding hydrogens is 168 g/mol. The maximum atomic E-state index is 7.75. The van der Waals surface area contributed by atoms with Gasteiger partial charge in [-0.2, -0.15) is 11.3 Å². The van der Waals surface area contributed by atoms with Gasteiger partial charge < -0.3 is 4.90 Å². The molecule has 0 saturated carbocycles. The molecule has 2 rings (SSSR count). The highest BCUT2D eigenvalue weighted by atomic mass is 32.1. The molecule has 1 aromatic heterocycles. The van der Waals surface area contributed by atoms with Gasteiger partial charge in [0.25, 0.3) is 0 Å². The summed E-state index contributed by atoms with van der Waals surface area (Å²) < 4.78 is 0. The molecule has 0 aromatic carbocycles. The van der Waals surface area contributed by atoms with Gasteiger partial charge in [-0.1, -0.05) is 0 Å². The molecule has 1 aliphatic heterocycles. The van der Waals surface area contributed by atoms with Gasteiger partial charge in [-0.3, -0.25) is 5.41 Å². The van der Waals surface area contributed by atoms with E-state index in [0.29, 0.717) is 0 Å². The molecule has 1 aromatic rings. The fraction of sp³-hybridized carbons (Fsp3) is 0.444. The molecule has 0 unspecified atom stereocenters. The molecule has 0 spiro atoms. The van der Waals surface area contributed by atoms with E-state index < -0.39 is 0 Å². The van der Waals surface area contributed by atoms with Gasteiger partial charge in [-0.05, 0) is 24.3 Å². The van der Waals surface area contributed by atoms with Crippen molar-refractivity contribution in [2.45, 2.75) is 19.3 Å². The molecule has 2 nitrogen and oxygen atoms in total. The van der Waals surface area contributed by atoms with Crippen LogP contribution < -0.4 is 4.90 Å². The number of nitrogens with one attached hydrogen (secondary N) is 1. The summed E-state index contributed by atoms with van der Waals surface area (Å²) in [5.41, 5.74) is 1.20. The number of amidine groups is 1. The average Bonchev–Trinajstić information content (AvgIpc) is 2.57. The van der Waals surface area contributed by atoms with E-state index in [0.717, 1.165) is 18.8 Å². The second kappa shape index (κ2) is 3.27. The standard InChI is InChI=1S/C9H12N2S/c10-9-3-1-2-5-11(9)8-4-6-12-7-8/h4,6-7,10H,1-3,5H2. The fourth-order valence-electron chi connectivity index (χ4n) is 1.53. The van der Waals surface area contributed by atoms with Gasteiger partial charge in [0.1, 0.15) is 5.84 Å². The summed E-state index contributed by atoms with van der Waals surface area (Å²) in [7, 11) is 0. The van der Waals surface area contributed by atoms with Crippen LogP contribution in [0.25, 0.3) is 0 Å². The molecule has 1 fully saturated rings. The molecule has 1 saturated heterocycles. The minimum Gasteiger partial charge on any atom is -0.330 e. The van der Waals surface area contributed by atoms with Gasteiger partial charge in [0, 0.05) is 18.3 Å². The maximum Gasteiger partial charge on any atom is 0.100 e. The molecule has 12 heavy (non-hydrogen) atoms. The largest absolute Gasteiger partial charge is 0.330 e. The van der Waals surface area contributed by atoms with Gasteiger partial charge in [-0.25, -0.2) is 0 Å². The number of hydrogen-bond acceptors (Lipinski definition) is 2. The third-order valence-electron chi connectivity index (χ3n) is 2.19. The molecule has 1 aliphatic rings. The summed E-state index contributed by atoms with van der Waals surface area (Å²) in [4.78, 5) is 2.11. The second-order valence-corrected chi connectivity index (χ2v) is 3.82. The Balaban J connectivity index is 2.17. The highest BCUT2D eigenvalue weighted by Gasteiger charge is 2.15. The van der Waals surface area contributed by atoms with E-state index in [1.807, 2.05) is 0 Å². The van der Waals surface area contributed by atoms with Crippen molar-refractivity contribution in [2.75, 3.05) is 11.4 Å². The molecule has 0 radical (unpaired) electrons. The minimum atomic E-state index is 0.777. The minimum absolute atomic E-state index is 0.777. The van der Waals surface area contributed by atoms with Crippen LogP contribution in [-0.2, 0) is 0 Å². The molecular formula is C9H12N2S. The number of rotatable bonds is 1. The normalized spacial score (nSPS) is 18.3. The summed E-state index contributed by atoms with van der Waals surface area (Å²) in [6.07, 6.45) is 3.34. The van der Waals surface area contributed by atoms with E-state index in [2.05, 4.69) is 21.7 Å². The van der Waals surface area contributed by atoms with Crippen molar-refractivity contribution in [3.05, 3.63) is 16.8 Å². The zero-order valence-corrected chi connectivity index (χ0v) is 7.73. The topological polar surface area (TPSA) is 27.1 Å². The highest BCUT2D eigenvalue weighted by molar-refractivity contribution is 7.08. The molecule has 2 heterocycles. The lowest BCUT2D eigenvalue weighted by Gasteiger charge is -2.28. The van der Waals surface area contributed by atoms with Crippen molar-refractivity contribution < 1.29 is 0 Å². The van der Waals surface area contributed by atoms with E-state index >= 15 is 0 Å². The van der Waals surface area contributed by atoms with E-state index in [1.54, 1.807) is 11.3 Å². The van der Waals surface area contributed by atoms with Gasteiger partial charge in [-0.15, -0.1) is 0 Å². The Bertz CT molecular complexity index is 266. The number of nitrogens with zero attached hydrogens (tertiary/aromatic N) is 1. The molecule has 0 atom stereocenters. The van der Waals surface area contributed by atoms with Gasteiger partial charge in [0.05, 0.1) is 5.69 Å². The van der Waals surface area contributed by atoms with Crippen LogP contribution >= 0.6 is 11.3 Å². The lowest BCUT2D eigenvalue weighted by molar-refractivity contribution is 0.708. The van der Waals surface area contributed by atoms with Crippen LogP contribution in [0.5, 0.6) is 0 Å². The highest BCUT2D eigenvalue weighted by Crippen LogP contribution is 2.22. The monoisotopic (exact) mass is 180 g/mol. The third-order valence-corrected chi connectivity index (χ3v) is 2.86. The quantitative estimate of drug-likeness (QED) is 0.706. The predicted octanol–water partition coefficient (Wildman–Crippen LogP) is 2.72. The molecule has 0 aliphatic carbocycles. The fourth-order valence-corrected chi connectivity index (χ4v) is 2.17. The predicted molar refractivity (Wildman–Crippen MR) is 53.2 cm³/mol. The van der Waals surface area contributed by atoms with Crippen molar-refractivity contribution in [1.82, 2.24) is 0 Å². The average molecular weight is 180 g/mol. The molecule has 64 valence electrons. The van der Waals surface area contributed by atoms with Crippen LogP contribution in [0.3, 0.4) is 0 Å². The Kier molecular flexibility index (Phi) is 2.13. The summed E-state index contributed by atoms with van der Waals surface area (Å²) in [5.74, 6) is 0.777. The van der Waals surface area contributed by atoms with E-state index in [4.69, 9.17) is 5.41 Å².